The van der Waals surface area contributed by atoms with Gasteiger partial charge in [0, 0.05) is 15.6 Å². The molecule has 1 heterocycles. The van der Waals surface area contributed by atoms with E-state index in [4.69, 9.17) is 0 Å². The molecule has 0 radical (unpaired) electrons. The second-order valence-corrected chi connectivity index (χ2v) is 10.0. The summed E-state index contributed by atoms with van der Waals surface area (Å²) in [5.41, 5.74) is 6.80. The van der Waals surface area contributed by atoms with Crippen molar-refractivity contribution in [3.05, 3.63) is 70.2 Å². The minimum Gasteiger partial charge on any atom is -0.150 e. The van der Waals surface area contributed by atoms with Crippen molar-refractivity contribution < 1.29 is 0 Å². The first-order valence-corrected chi connectivity index (χ1v) is 10.1. The molecule has 0 saturated carbocycles. The van der Waals surface area contributed by atoms with Gasteiger partial charge in [0.2, 0.25) is 0 Å². The van der Waals surface area contributed by atoms with Crippen LogP contribution >= 0.6 is 15.9 Å². The third kappa shape index (κ3) is 4.65. The van der Waals surface area contributed by atoms with Gasteiger partial charge in [-0.2, -0.15) is 0 Å². The molecule has 0 bridgehead atoms. The Hall–Kier alpha value is -2.00. The van der Waals surface area contributed by atoms with E-state index >= 15 is 0 Å². The minimum absolute atomic E-state index is 0.0841. The van der Waals surface area contributed by atoms with Crippen LogP contribution in [0.3, 0.4) is 0 Å². The van der Waals surface area contributed by atoms with Crippen molar-refractivity contribution >= 4 is 15.9 Å². The fourth-order valence-electron chi connectivity index (χ4n) is 2.90. The maximum Gasteiger partial charge on any atom is 0.0930 e. The molecular weight excluding hydrogens is 396 g/mol. The SMILES string of the molecule is CC(C)(C)c1cc(-c2ccc(-c3ccc(Br)cc3)nn2)cc(C(C)(C)C)c1. The molecular formula is C24H27BrN2. The Morgan fingerprint density at radius 3 is 1.44 bits per heavy atom. The lowest BCUT2D eigenvalue weighted by atomic mass is 9.79. The second-order valence-electron chi connectivity index (χ2n) is 9.11. The quantitative estimate of drug-likeness (QED) is 0.437. The van der Waals surface area contributed by atoms with Gasteiger partial charge in [0.25, 0.3) is 0 Å². The molecule has 27 heavy (non-hydrogen) atoms. The van der Waals surface area contributed by atoms with Crippen LogP contribution in [0.25, 0.3) is 22.5 Å². The van der Waals surface area contributed by atoms with Crippen LogP contribution in [0.1, 0.15) is 52.7 Å². The van der Waals surface area contributed by atoms with Crippen LogP contribution in [0.15, 0.2) is 59.1 Å². The van der Waals surface area contributed by atoms with E-state index in [1.165, 1.54) is 11.1 Å². The van der Waals surface area contributed by atoms with Crippen molar-refractivity contribution in [1.29, 1.82) is 0 Å². The average Bonchev–Trinajstić information content (AvgIpc) is 2.61. The summed E-state index contributed by atoms with van der Waals surface area (Å²) in [6.45, 7) is 13.5. The van der Waals surface area contributed by atoms with Gasteiger partial charge in [-0.1, -0.05) is 75.7 Å². The fourth-order valence-corrected chi connectivity index (χ4v) is 3.17. The highest BCUT2D eigenvalue weighted by molar-refractivity contribution is 9.10. The Morgan fingerprint density at radius 2 is 1.04 bits per heavy atom. The summed E-state index contributed by atoms with van der Waals surface area (Å²) >= 11 is 3.47. The molecule has 0 amide bonds. The molecule has 2 aromatic carbocycles. The Morgan fingerprint density at radius 1 is 0.593 bits per heavy atom. The Kier molecular flexibility index (Phi) is 5.27. The number of hydrogen-bond donors (Lipinski definition) is 0. The smallest absolute Gasteiger partial charge is 0.0930 e. The number of nitrogens with zero attached hydrogens (tertiary/aromatic N) is 2. The van der Waals surface area contributed by atoms with Crippen LogP contribution in [0.2, 0.25) is 0 Å². The lowest BCUT2D eigenvalue weighted by Crippen LogP contribution is -2.16. The summed E-state index contributed by atoms with van der Waals surface area (Å²) in [6, 6.07) is 19.1. The first-order valence-electron chi connectivity index (χ1n) is 9.30. The Bertz CT molecular complexity index is 896. The Balaban J connectivity index is 2.04. The van der Waals surface area contributed by atoms with Crippen molar-refractivity contribution in [2.75, 3.05) is 0 Å². The molecule has 2 nitrogen and oxygen atoms in total. The van der Waals surface area contributed by atoms with Crippen molar-refractivity contribution in [2.45, 2.75) is 52.4 Å². The van der Waals surface area contributed by atoms with Crippen LogP contribution in [-0.4, -0.2) is 10.2 Å². The normalized spacial score (nSPS) is 12.3. The number of aromatic nitrogens is 2. The van der Waals surface area contributed by atoms with E-state index in [2.05, 4.69) is 91.9 Å². The highest BCUT2D eigenvalue weighted by Crippen LogP contribution is 2.33. The minimum atomic E-state index is 0.0841. The molecule has 3 rings (SSSR count). The van der Waals surface area contributed by atoms with E-state index in [-0.39, 0.29) is 10.8 Å². The zero-order chi connectivity index (χ0) is 19.8. The maximum absolute atomic E-state index is 4.53. The largest absolute Gasteiger partial charge is 0.150 e. The van der Waals surface area contributed by atoms with Crippen molar-refractivity contribution in [1.82, 2.24) is 10.2 Å². The van der Waals surface area contributed by atoms with Gasteiger partial charge < -0.3 is 0 Å². The lowest BCUT2D eigenvalue weighted by Gasteiger charge is -2.26. The highest BCUT2D eigenvalue weighted by atomic mass is 79.9. The molecule has 0 saturated heterocycles. The third-order valence-corrected chi connectivity index (χ3v) is 5.29. The molecule has 0 aliphatic heterocycles. The van der Waals surface area contributed by atoms with Crippen LogP contribution in [-0.2, 0) is 10.8 Å². The first-order chi connectivity index (χ1) is 12.5. The molecule has 0 aliphatic rings. The molecule has 140 valence electrons. The van der Waals surface area contributed by atoms with E-state index < -0.39 is 0 Å². The summed E-state index contributed by atoms with van der Waals surface area (Å²) in [5.74, 6) is 0. The maximum atomic E-state index is 4.53. The zero-order valence-electron chi connectivity index (χ0n) is 17.0. The van der Waals surface area contributed by atoms with Gasteiger partial charge in [-0.25, -0.2) is 0 Å². The van der Waals surface area contributed by atoms with Gasteiger partial charge >= 0.3 is 0 Å². The predicted molar refractivity (Wildman–Crippen MR) is 118 cm³/mol. The van der Waals surface area contributed by atoms with Gasteiger partial charge in [0.1, 0.15) is 0 Å². The number of halogens is 1. The molecule has 0 unspecified atom stereocenters. The van der Waals surface area contributed by atoms with E-state index in [1.807, 2.05) is 30.3 Å². The Labute approximate surface area is 171 Å². The molecule has 1 aromatic heterocycles. The van der Waals surface area contributed by atoms with E-state index in [9.17, 15) is 0 Å². The van der Waals surface area contributed by atoms with Crippen LogP contribution in [0.4, 0.5) is 0 Å². The van der Waals surface area contributed by atoms with Gasteiger partial charge in [0.05, 0.1) is 11.4 Å². The van der Waals surface area contributed by atoms with Gasteiger partial charge in [-0.3, -0.25) is 0 Å². The average molecular weight is 423 g/mol. The number of rotatable bonds is 2. The van der Waals surface area contributed by atoms with Gasteiger partial charge in [-0.15, -0.1) is 10.2 Å². The van der Waals surface area contributed by atoms with Crippen molar-refractivity contribution in [2.24, 2.45) is 0 Å². The standard InChI is InChI=1S/C24H27BrN2/c1-23(2,3)18-13-17(14-19(15-18)24(4,5)6)22-12-11-21(26-27-22)16-7-9-20(25)10-8-16/h7-15H,1-6H3. The summed E-state index contributed by atoms with van der Waals surface area (Å²) < 4.78 is 1.06. The topological polar surface area (TPSA) is 25.8 Å². The first kappa shape index (κ1) is 19.8. The second kappa shape index (κ2) is 7.20. The lowest BCUT2D eigenvalue weighted by molar-refractivity contribution is 0.569. The monoisotopic (exact) mass is 422 g/mol. The zero-order valence-corrected chi connectivity index (χ0v) is 18.6. The number of hydrogen-bond acceptors (Lipinski definition) is 2. The molecule has 3 heteroatoms. The van der Waals surface area contributed by atoms with Crippen molar-refractivity contribution in [3.63, 3.8) is 0 Å². The van der Waals surface area contributed by atoms with E-state index in [1.54, 1.807) is 0 Å². The summed E-state index contributed by atoms with van der Waals surface area (Å²) in [7, 11) is 0. The summed E-state index contributed by atoms with van der Waals surface area (Å²) in [4.78, 5) is 0. The molecule has 0 atom stereocenters. The molecule has 0 aliphatic carbocycles. The molecule has 3 aromatic rings. The van der Waals surface area contributed by atoms with Gasteiger partial charge in [-0.05, 0) is 58.4 Å². The fraction of sp³-hybridized carbons (Fsp3) is 0.333. The molecule has 0 N–H and O–H groups in total. The van der Waals surface area contributed by atoms with Crippen LogP contribution in [0.5, 0.6) is 0 Å². The highest BCUT2D eigenvalue weighted by Gasteiger charge is 2.21. The third-order valence-electron chi connectivity index (χ3n) is 4.77. The van der Waals surface area contributed by atoms with Crippen molar-refractivity contribution in [3.8, 4) is 22.5 Å². The van der Waals surface area contributed by atoms with Crippen LogP contribution < -0.4 is 0 Å². The summed E-state index contributed by atoms with van der Waals surface area (Å²) in [6.07, 6.45) is 0. The van der Waals surface area contributed by atoms with Crippen LogP contribution in [0, 0.1) is 0 Å². The predicted octanol–water partition coefficient (Wildman–Crippen LogP) is 7.17. The molecule has 0 fully saturated rings. The van der Waals surface area contributed by atoms with E-state index in [0.717, 1.165) is 27.0 Å². The van der Waals surface area contributed by atoms with E-state index in [0.29, 0.717) is 0 Å². The summed E-state index contributed by atoms with van der Waals surface area (Å²) in [5, 5.41) is 9.01. The number of benzene rings is 2. The molecule has 0 spiro atoms. The van der Waals surface area contributed by atoms with Gasteiger partial charge in [0.15, 0.2) is 0 Å².